The molecule has 1 atom stereocenters. The highest BCUT2D eigenvalue weighted by atomic mass is 32.2. The Morgan fingerprint density at radius 1 is 1.19 bits per heavy atom. The smallest absolute Gasteiger partial charge is 0.338 e. The van der Waals surface area contributed by atoms with E-state index < -0.39 is 33.4 Å². The summed E-state index contributed by atoms with van der Waals surface area (Å²) in [6.07, 6.45) is 4.05. The van der Waals surface area contributed by atoms with E-state index in [1.165, 1.54) is 36.1 Å². The highest BCUT2D eigenvalue weighted by molar-refractivity contribution is 7.90. The van der Waals surface area contributed by atoms with Gasteiger partial charge in [0.2, 0.25) is 0 Å². The molecule has 1 aromatic rings. The maximum absolute atomic E-state index is 12.7. The van der Waals surface area contributed by atoms with Crippen LogP contribution in [0, 0.1) is 11.3 Å². The Bertz CT molecular complexity index is 849. The van der Waals surface area contributed by atoms with Crippen molar-refractivity contribution in [3.05, 3.63) is 29.8 Å². The van der Waals surface area contributed by atoms with E-state index in [0.717, 1.165) is 25.5 Å². The minimum absolute atomic E-state index is 0.0937. The Morgan fingerprint density at radius 2 is 1.74 bits per heavy atom. The average molecular weight is 392 g/mol. The van der Waals surface area contributed by atoms with E-state index in [9.17, 15) is 23.3 Å². The van der Waals surface area contributed by atoms with Crippen LogP contribution in [0.1, 0.15) is 49.4 Å². The molecular formula is C19H24N2O5S. The van der Waals surface area contributed by atoms with Gasteiger partial charge in [-0.3, -0.25) is 4.79 Å². The summed E-state index contributed by atoms with van der Waals surface area (Å²) in [6, 6.07) is 7.59. The molecule has 0 unspecified atom stereocenters. The van der Waals surface area contributed by atoms with Gasteiger partial charge in [0, 0.05) is 13.3 Å². The number of rotatable bonds is 5. The van der Waals surface area contributed by atoms with Crippen molar-refractivity contribution >= 4 is 21.7 Å². The number of likely N-dealkylation sites (N-methyl/N-ethyl adjacent to an activating group) is 1. The third-order valence-electron chi connectivity index (χ3n) is 5.01. The topological polar surface area (TPSA) is 105 Å². The molecule has 2 rings (SSSR count). The third kappa shape index (κ3) is 4.66. The van der Waals surface area contributed by atoms with Crippen LogP contribution in [0.15, 0.2) is 29.2 Å². The predicted octanol–water partition coefficient (Wildman–Crippen LogP) is 2.32. The maximum atomic E-state index is 12.7. The molecule has 8 heteroatoms. The van der Waals surface area contributed by atoms with Crippen molar-refractivity contribution in [3.63, 3.8) is 0 Å². The van der Waals surface area contributed by atoms with Crippen molar-refractivity contribution < 1.29 is 22.7 Å². The van der Waals surface area contributed by atoms with Gasteiger partial charge >= 0.3 is 5.97 Å². The Balaban J connectivity index is 2.07. The standard InChI is InChI=1S/C19H24N2O5S/c1-14(17(22)21(2)19(13-20)11-5-4-6-12-19)26-18(23)15-7-9-16(10-8-15)27(3,24)25/h7-10,14H,4-6,11-12H2,1-3H3/t14-/m0/s1. The Labute approximate surface area is 159 Å². The first-order chi connectivity index (χ1) is 12.6. The molecule has 0 heterocycles. The number of amides is 1. The van der Waals surface area contributed by atoms with E-state index in [-0.39, 0.29) is 10.5 Å². The van der Waals surface area contributed by atoms with Gasteiger partial charge in [-0.05, 0) is 44.0 Å². The molecule has 0 N–H and O–H groups in total. The lowest BCUT2D eigenvalue weighted by molar-refractivity contribution is -0.143. The van der Waals surface area contributed by atoms with Crippen LogP contribution in [-0.2, 0) is 19.4 Å². The van der Waals surface area contributed by atoms with Crippen LogP contribution in [0.3, 0.4) is 0 Å². The quantitative estimate of drug-likeness (QED) is 0.712. The number of carbonyl (C=O) groups excluding carboxylic acids is 2. The lowest BCUT2D eigenvalue weighted by atomic mass is 9.81. The molecule has 0 bridgehead atoms. The first kappa shape index (κ1) is 20.9. The monoisotopic (exact) mass is 392 g/mol. The van der Waals surface area contributed by atoms with E-state index in [1.807, 2.05) is 0 Å². The molecule has 1 amide bonds. The SMILES string of the molecule is C[C@H](OC(=O)c1ccc(S(C)(=O)=O)cc1)C(=O)N(C)C1(C#N)CCCCC1. The fourth-order valence-electron chi connectivity index (χ4n) is 3.26. The molecule has 1 aliphatic carbocycles. The molecule has 1 aliphatic rings. The molecule has 1 aromatic carbocycles. The van der Waals surface area contributed by atoms with Gasteiger partial charge in [-0.25, -0.2) is 13.2 Å². The van der Waals surface area contributed by atoms with Crippen LogP contribution >= 0.6 is 0 Å². The first-order valence-corrected chi connectivity index (χ1v) is 10.7. The summed E-state index contributed by atoms with van der Waals surface area (Å²) in [4.78, 5) is 26.4. The lowest BCUT2D eigenvalue weighted by Crippen LogP contribution is -2.53. The summed E-state index contributed by atoms with van der Waals surface area (Å²) in [5.74, 6) is -1.15. The van der Waals surface area contributed by atoms with Crippen LogP contribution in [0.5, 0.6) is 0 Å². The molecule has 0 radical (unpaired) electrons. The van der Waals surface area contributed by atoms with Gasteiger partial charge in [-0.15, -0.1) is 0 Å². The van der Waals surface area contributed by atoms with Crippen LogP contribution in [0.4, 0.5) is 0 Å². The number of nitriles is 1. The van der Waals surface area contributed by atoms with Crippen molar-refractivity contribution in [1.82, 2.24) is 4.90 Å². The lowest BCUT2D eigenvalue weighted by Gasteiger charge is -2.39. The van der Waals surface area contributed by atoms with Gasteiger partial charge in [0.15, 0.2) is 15.9 Å². The first-order valence-electron chi connectivity index (χ1n) is 8.81. The fourth-order valence-corrected chi connectivity index (χ4v) is 3.89. The zero-order valence-corrected chi connectivity index (χ0v) is 16.6. The number of esters is 1. The minimum atomic E-state index is -3.36. The molecule has 0 saturated heterocycles. The number of sulfone groups is 1. The van der Waals surface area contributed by atoms with E-state index in [2.05, 4.69) is 6.07 Å². The largest absolute Gasteiger partial charge is 0.449 e. The summed E-state index contributed by atoms with van der Waals surface area (Å²) < 4.78 is 28.2. The molecular weight excluding hydrogens is 368 g/mol. The van der Waals surface area contributed by atoms with Crippen molar-refractivity contribution in [2.45, 2.75) is 55.6 Å². The number of hydrogen-bond acceptors (Lipinski definition) is 6. The minimum Gasteiger partial charge on any atom is -0.449 e. The van der Waals surface area contributed by atoms with Crippen molar-refractivity contribution in [3.8, 4) is 6.07 Å². The van der Waals surface area contributed by atoms with Gasteiger partial charge in [0.05, 0.1) is 16.5 Å². The molecule has 0 spiro atoms. The van der Waals surface area contributed by atoms with E-state index in [0.29, 0.717) is 12.8 Å². The zero-order chi connectivity index (χ0) is 20.2. The maximum Gasteiger partial charge on any atom is 0.338 e. The second kappa shape index (κ2) is 8.09. The van der Waals surface area contributed by atoms with Gasteiger partial charge < -0.3 is 9.64 Å². The zero-order valence-electron chi connectivity index (χ0n) is 15.8. The molecule has 1 saturated carbocycles. The number of hydrogen-bond donors (Lipinski definition) is 0. The molecule has 7 nitrogen and oxygen atoms in total. The second-order valence-corrected chi connectivity index (χ2v) is 8.96. The molecule has 0 aromatic heterocycles. The number of nitrogens with zero attached hydrogens (tertiary/aromatic N) is 2. The van der Waals surface area contributed by atoms with Crippen LogP contribution in [0.2, 0.25) is 0 Å². The van der Waals surface area contributed by atoms with E-state index in [1.54, 1.807) is 7.05 Å². The second-order valence-electron chi connectivity index (χ2n) is 6.95. The van der Waals surface area contributed by atoms with Gasteiger partial charge in [0.1, 0.15) is 5.54 Å². The van der Waals surface area contributed by atoms with Crippen LogP contribution in [-0.4, -0.2) is 50.1 Å². The normalized spacial score (nSPS) is 17.4. The van der Waals surface area contributed by atoms with Crippen molar-refractivity contribution in [2.24, 2.45) is 0 Å². The Kier molecular flexibility index (Phi) is 6.26. The Morgan fingerprint density at radius 3 is 2.22 bits per heavy atom. The van der Waals surface area contributed by atoms with Gasteiger partial charge in [0.25, 0.3) is 5.91 Å². The summed E-state index contributed by atoms with van der Waals surface area (Å²) in [7, 11) is -1.79. The van der Waals surface area contributed by atoms with E-state index >= 15 is 0 Å². The molecule has 0 aliphatic heterocycles. The van der Waals surface area contributed by atoms with Crippen molar-refractivity contribution in [2.75, 3.05) is 13.3 Å². The number of ether oxygens (including phenoxy) is 1. The van der Waals surface area contributed by atoms with E-state index in [4.69, 9.17) is 4.74 Å². The Hall–Kier alpha value is -2.40. The van der Waals surface area contributed by atoms with Crippen LogP contribution < -0.4 is 0 Å². The van der Waals surface area contributed by atoms with Gasteiger partial charge in [-0.1, -0.05) is 19.3 Å². The molecule has 27 heavy (non-hydrogen) atoms. The summed E-state index contributed by atoms with van der Waals surface area (Å²) in [5, 5.41) is 9.59. The molecule has 1 fully saturated rings. The number of carbonyl (C=O) groups is 2. The van der Waals surface area contributed by atoms with Crippen molar-refractivity contribution in [1.29, 1.82) is 5.26 Å². The molecule has 146 valence electrons. The average Bonchev–Trinajstić information content (AvgIpc) is 2.66. The predicted molar refractivity (Wildman–Crippen MR) is 98.6 cm³/mol. The van der Waals surface area contributed by atoms with Gasteiger partial charge in [-0.2, -0.15) is 5.26 Å². The summed E-state index contributed by atoms with van der Waals surface area (Å²) >= 11 is 0. The summed E-state index contributed by atoms with van der Waals surface area (Å²) in [6.45, 7) is 1.47. The summed E-state index contributed by atoms with van der Waals surface area (Å²) in [5.41, 5.74) is -0.704. The highest BCUT2D eigenvalue weighted by Crippen LogP contribution is 2.33. The third-order valence-corrected chi connectivity index (χ3v) is 6.14. The van der Waals surface area contributed by atoms with Crippen LogP contribution in [0.25, 0.3) is 0 Å². The highest BCUT2D eigenvalue weighted by Gasteiger charge is 2.40. The fraction of sp³-hybridized carbons (Fsp3) is 0.526. The number of benzene rings is 1.